The number of carbonyl (C=O) groups excluding carboxylic acids is 2. The summed E-state index contributed by atoms with van der Waals surface area (Å²) < 4.78 is 7.18. The van der Waals surface area contributed by atoms with Crippen LogP contribution in [0.1, 0.15) is 5.82 Å². The summed E-state index contributed by atoms with van der Waals surface area (Å²) in [5.74, 6) is -2.25. The van der Waals surface area contributed by atoms with E-state index in [2.05, 4.69) is 30.0 Å². The van der Waals surface area contributed by atoms with E-state index in [1.54, 1.807) is 10.9 Å². The van der Waals surface area contributed by atoms with Gasteiger partial charge in [0.25, 0.3) is 23.8 Å². The van der Waals surface area contributed by atoms with Crippen LogP contribution in [0.2, 0.25) is 0 Å². The maximum absolute atomic E-state index is 13.0. The van der Waals surface area contributed by atoms with Gasteiger partial charge in [0.15, 0.2) is 5.13 Å². The number of fused-ring (bicyclic) bond motifs is 2. The topological polar surface area (TPSA) is 194 Å². The van der Waals surface area contributed by atoms with Crippen molar-refractivity contribution in [3.63, 3.8) is 0 Å². The third-order valence-electron chi connectivity index (χ3n) is 5.53. The van der Waals surface area contributed by atoms with Gasteiger partial charge in [-0.1, -0.05) is 10.3 Å². The van der Waals surface area contributed by atoms with Gasteiger partial charge in [-0.05, 0) is 12.3 Å². The zero-order valence-electron chi connectivity index (χ0n) is 19.3. The van der Waals surface area contributed by atoms with Gasteiger partial charge < -0.3 is 21.0 Å². The Labute approximate surface area is 220 Å². The van der Waals surface area contributed by atoms with Gasteiger partial charge in [-0.15, -0.1) is 23.5 Å². The Morgan fingerprint density at radius 3 is 2.92 bits per heavy atom. The van der Waals surface area contributed by atoms with Crippen LogP contribution in [0.4, 0.5) is 5.13 Å². The maximum atomic E-state index is 13.0. The first-order valence-electron chi connectivity index (χ1n) is 10.5. The number of oxime groups is 1. The first-order chi connectivity index (χ1) is 17.8. The minimum absolute atomic E-state index is 0.0419. The normalized spacial score (nSPS) is 19.6. The van der Waals surface area contributed by atoms with E-state index in [4.69, 9.17) is 10.6 Å². The number of thioether (sulfide) groups is 2. The van der Waals surface area contributed by atoms with Crippen LogP contribution in [0.15, 0.2) is 39.9 Å². The number of nitrogens with zero attached hydrogens (tertiary/aromatic N) is 8. The number of hydrogen-bond donors (Lipinski definition) is 3. The molecule has 1 fully saturated rings. The average Bonchev–Trinajstić information content (AvgIpc) is 3.50. The molecule has 2 atom stereocenters. The molecule has 15 nitrogen and oxygen atoms in total. The lowest BCUT2D eigenvalue weighted by molar-refractivity contribution is -0.664. The molecule has 0 spiro atoms. The minimum Gasteiger partial charge on any atom is -0.477 e. The summed E-state index contributed by atoms with van der Waals surface area (Å²) in [5, 5.41) is 25.2. The summed E-state index contributed by atoms with van der Waals surface area (Å²) in [6.45, 7) is 0.202. The van der Waals surface area contributed by atoms with Crippen molar-refractivity contribution in [2.24, 2.45) is 5.16 Å². The van der Waals surface area contributed by atoms with Crippen LogP contribution >= 0.6 is 35.1 Å². The zero-order valence-corrected chi connectivity index (χ0v) is 21.7. The summed E-state index contributed by atoms with van der Waals surface area (Å²) in [5.41, 5.74) is 6.43. The van der Waals surface area contributed by atoms with Crippen LogP contribution in [-0.2, 0) is 25.8 Å². The number of anilines is 1. The fraction of sp³-hybridized carbons (Fsp3) is 0.316. The number of hydrogen-bond acceptors (Lipinski definition) is 13. The van der Waals surface area contributed by atoms with Crippen molar-refractivity contribution < 1.29 is 28.9 Å². The van der Waals surface area contributed by atoms with Crippen LogP contribution in [0.3, 0.4) is 0 Å². The number of carboxylic acid groups (broad SMARTS) is 1. The van der Waals surface area contributed by atoms with E-state index in [9.17, 15) is 19.5 Å². The highest BCUT2D eigenvalue weighted by molar-refractivity contribution is 8.00. The minimum atomic E-state index is -1.23. The van der Waals surface area contributed by atoms with Gasteiger partial charge in [-0.2, -0.15) is 9.36 Å². The summed E-state index contributed by atoms with van der Waals surface area (Å²) in [4.78, 5) is 48.0. The molecule has 192 valence electrons. The van der Waals surface area contributed by atoms with Gasteiger partial charge in [-0.3, -0.25) is 14.5 Å². The second kappa shape index (κ2) is 9.94. The summed E-state index contributed by atoms with van der Waals surface area (Å²) in [7, 11) is 1.25. The van der Waals surface area contributed by atoms with Crippen molar-refractivity contribution in [2.75, 3.05) is 24.9 Å². The molecule has 3 aromatic heterocycles. The summed E-state index contributed by atoms with van der Waals surface area (Å²) in [6.07, 6.45) is 3.47. The Morgan fingerprint density at radius 2 is 2.24 bits per heavy atom. The second-order valence-electron chi connectivity index (χ2n) is 7.68. The Morgan fingerprint density at radius 1 is 1.43 bits per heavy atom. The second-order valence-corrected chi connectivity index (χ2v) is 10.4. The third kappa shape index (κ3) is 4.46. The predicted molar refractivity (Wildman–Crippen MR) is 133 cm³/mol. The molecule has 3 aromatic rings. The van der Waals surface area contributed by atoms with E-state index in [0.29, 0.717) is 17.0 Å². The van der Waals surface area contributed by atoms with Crippen LogP contribution < -0.4 is 15.6 Å². The Balaban J connectivity index is 1.37. The van der Waals surface area contributed by atoms with Crippen LogP contribution in [0, 0.1) is 0 Å². The average molecular weight is 564 g/mol. The number of carbonyl (C=O) groups is 3. The smallest absolute Gasteiger partial charge is 0.352 e. The molecule has 0 bridgehead atoms. The van der Waals surface area contributed by atoms with Crippen molar-refractivity contribution in [2.45, 2.75) is 23.0 Å². The zero-order chi connectivity index (χ0) is 26.3. The van der Waals surface area contributed by atoms with Crippen molar-refractivity contribution in [3.05, 3.63) is 35.6 Å². The quantitative estimate of drug-likeness (QED) is 0.0992. The van der Waals surface area contributed by atoms with Gasteiger partial charge >= 0.3 is 5.97 Å². The SMILES string of the molecule is CO/N=C(\C(=O)NC1C(=O)N2C(C(=O)O)=C(C[n+]3cnn4nc(SC)ccc43)CS[C@H]12)c1nsc(N)n1. The van der Waals surface area contributed by atoms with E-state index in [-0.39, 0.29) is 28.9 Å². The first-order valence-corrected chi connectivity index (χ1v) is 13.6. The highest BCUT2D eigenvalue weighted by Crippen LogP contribution is 2.40. The molecule has 4 N–H and O–H groups in total. The number of amides is 2. The molecule has 2 aliphatic rings. The molecule has 18 heteroatoms. The number of nitrogens with one attached hydrogen (secondary N) is 1. The van der Waals surface area contributed by atoms with Crippen LogP contribution in [-0.4, -0.2) is 88.2 Å². The molecule has 0 aliphatic carbocycles. The number of nitrogen functional groups attached to an aromatic ring is 1. The molecular weight excluding hydrogens is 544 g/mol. The van der Waals surface area contributed by atoms with Crippen LogP contribution in [0.5, 0.6) is 0 Å². The lowest BCUT2D eigenvalue weighted by atomic mass is 10.0. The number of β-lactam (4-membered cyclic amide) rings is 1. The number of aromatic nitrogens is 6. The first kappa shape index (κ1) is 24.9. The molecular formula is C19H19N10O5S3+. The van der Waals surface area contributed by atoms with Gasteiger partial charge in [-0.25, -0.2) is 9.36 Å². The lowest BCUT2D eigenvalue weighted by Gasteiger charge is -2.49. The van der Waals surface area contributed by atoms with E-state index in [1.807, 2.05) is 18.4 Å². The molecule has 2 amide bonds. The van der Waals surface area contributed by atoms with Crippen molar-refractivity contribution in [1.29, 1.82) is 0 Å². The number of aliphatic carboxylic acids is 1. The molecule has 0 aromatic carbocycles. The summed E-state index contributed by atoms with van der Waals surface area (Å²) in [6, 6.07) is 2.72. The molecule has 1 unspecified atom stereocenters. The number of nitrogens with two attached hydrogens (primary N) is 1. The summed E-state index contributed by atoms with van der Waals surface area (Å²) >= 11 is 3.70. The molecule has 5 rings (SSSR count). The van der Waals surface area contributed by atoms with Crippen molar-refractivity contribution in [1.82, 2.24) is 34.4 Å². The van der Waals surface area contributed by atoms with Gasteiger partial charge in [0.1, 0.15) is 29.2 Å². The molecule has 37 heavy (non-hydrogen) atoms. The van der Waals surface area contributed by atoms with Gasteiger partial charge in [0, 0.05) is 33.6 Å². The fourth-order valence-corrected chi connectivity index (χ4v) is 6.05. The molecule has 0 saturated carbocycles. The van der Waals surface area contributed by atoms with Crippen molar-refractivity contribution >= 4 is 69.3 Å². The van der Waals surface area contributed by atoms with E-state index >= 15 is 0 Å². The number of rotatable bonds is 8. The number of carboxylic acids is 1. The van der Waals surface area contributed by atoms with Crippen molar-refractivity contribution in [3.8, 4) is 0 Å². The third-order valence-corrected chi connectivity index (χ3v) is 8.04. The molecule has 5 heterocycles. The maximum Gasteiger partial charge on any atom is 0.352 e. The van der Waals surface area contributed by atoms with E-state index in [1.165, 1.54) is 40.2 Å². The lowest BCUT2D eigenvalue weighted by Crippen LogP contribution is -2.71. The molecule has 1 saturated heterocycles. The molecule has 2 aliphatic heterocycles. The Bertz CT molecular complexity index is 1480. The highest BCUT2D eigenvalue weighted by Gasteiger charge is 2.54. The van der Waals surface area contributed by atoms with E-state index in [0.717, 1.165) is 16.6 Å². The predicted octanol–water partition coefficient (Wildman–Crippen LogP) is -1.04. The Hall–Kier alpha value is -3.77. The highest BCUT2D eigenvalue weighted by atomic mass is 32.2. The van der Waals surface area contributed by atoms with Gasteiger partial charge in [0.2, 0.25) is 11.5 Å². The monoisotopic (exact) mass is 563 g/mol. The standard InChI is InChI=1S/C19H18N10O5S3/c1-34-25-11(14-23-19(20)37-26-14)15(30)22-12-16(31)28-13(18(32)33)8(6-36-17(12)28)5-27-7-21-29-10(27)4-3-9(24-29)35-2/h3-4,7,12,17H,5-6H2,1-2H3,(H3-,20,22,23,26,30,32,33)/p+1/b25-11-/t12?,17-/m1/s1. The van der Waals surface area contributed by atoms with E-state index < -0.39 is 29.2 Å². The Kier molecular flexibility index (Phi) is 6.69. The van der Waals surface area contributed by atoms with Crippen LogP contribution in [0.25, 0.3) is 5.65 Å². The molecule has 0 radical (unpaired) electrons. The largest absolute Gasteiger partial charge is 0.477 e. The van der Waals surface area contributed by atoms with Gasteiger partial charge in [0.05, 0.1) is 11.6 Å². The fourth-order valence-electron chi connectivity index (χ4n) is 3.91.